The number of nitrogens with one attached hydrogen (secondary N) is 1. The molecule has 2 aliphatic heterocycles. The molecule has 0 aliphatic carbocycles. The number of likely N-dealkylation sites (tertiary alicyclic amines) is 1. The van der Waals surface area contributed by atoms with E-state index in [-0.39, 0.29) is 5.56 Å². The first kappa shape index (κ1) is 19.8. The topological polar surface area (TPSA) is 81.4 Å². The summed E-state index contributed by atoms with van der Waals surface area (Å²) < 4.78 is 9.03. The maximum Gasteiger partial charge on any atom is 0.411 e. The van der Waals surface area contributed by atoms with E-state index in [0.717, 1.165) is 55.2 Å². The summed E-state index contributed by atoms with van der Waals surface area (Å²) >= 11 is 0. The number of fused-ring (bicyclic) bond motifs is 5. The summed E-state index contributed by atoms with van der Waals surface area (Å²) in [6.45, 7) is 5.57. The fourth-order valence-corrected chi connectivity index (χ4v) is 5.08. The lowest BCUT2D eigenvalue weighted by molar-refractivity contribution is 0.111. The maximum absolute atomic E-state index is 12.2. The third-order valence-electron chi connectivity index (χ3n) is 6.42. The highest BCUT2D eigenvalue weighted by atomic mass is 16.5. The summed E-state index contributed by atoms with van der Waals surface area (Å²) in [6.07, 6.45) is 0.683. The van der Waals surface area contributed by atoms with Gasteiger partial charge in [-0.3, -0.25) is 15.0 Å². The van der Waals surface area contributed by atoms with Crippen molar-refractivity contribution in [2.45, 2.75) is 32.4 Å². The number of hydrogen-bond acceptors (Lipinski definition) is 5. The highest BCUT2D eigenvalue weighted by Crippen LogP contribution is 2.35. The van der Waals surface area contributed by atoms with Gasteiger partial charge >= 0.3 is 6.09 Å². The number of ether oxygens (including phenoxy) is 1. The zero-order valence-corrected chi connectivity index (χ0v) is 17.9. The van der Waals surface area contributed by atoms with E-state index >= 15 is 0 Å². The number of amides is 1. The Hall–Kier alpha value is -3.13. The molecule has 2 atom stereocenters. The molecule has 2 bridgehead atoms. The molecule has 1 saturated heterocycles. The molecular formula is C23H27N5O3. The van der Waals surface area contributed by atoms with Gasteiger partial charge in [0.15, 0.2) is 0 Å². The predicted molar refractivity (Wildman–Crippen MR) is 118 cm³/mol. The number of pyridine rings is 1. The molecular weight excluding hydrogens is 394 g/mol. The van der Waals surface area contributed by atoms with Crippen molar-refractivity contribution in [3.05, 3.63) is 58.3 Å². The third-order valence-corrected chi connectivity index (χ3v) is 6.42. The Morgan fingerprint density at radius 1 is 1.23 bits per heavy atom. The number of benzene rings is 1. The van der Waals surface area contributed by atoms with Crippen molar-refractivity contribution in [1.29, 1.82) is 0 Å². The Kier molecular flexibility index (Phi) is 5.02. The van der Waals surface area contributed by atoms with Gasteiger partial charge < -0.3 is 13.9 Å². The maximum atomic E-state index is 12.2. The molecule has 1 amide bonds. The van der Waals surface area contributed by atoms with Gasteiger partial charge in [0, 0.05) is 50.0 Å². The fraction of sp³-hybridized carbons (Fsp3) is 0.435. The van der Waals surface area contributed by atoms with E-state index in [1.807, 2.05) is 35.9 Å². The zero-order valence-electron chi connectivity index (χ0n) is 17.9. The lowest BCUT2D eigenvalue weighted by Gasteiger charge is -2.42. The molecule has 1 N–H and O–H groups in total. The van der Waals surface area contributed by atoms with E-state index in [1.54, 1.807) is 13.0 Å². The van der Waals surface area contributed by atoms with E-state index in [9.17, 15) is 9.59 Å². The summed E-state index contributed by atoms with van der Waals surface area (Å²) in [6, 6.07) is 11.3. The molecule has 3 aromatic rings. The average Bonchev–Trinajstić information content (AvgIpc) is 3.03. The molecule has 0 radical (unpaired) electrons. The molecule has 2 unspecified atom stereocenters. The zero-order chi connectivity index (χ0) is 21.5. The van der Waals surface area contributed by atoms with Crippen molar-refractivity contribution < 1.29 is 9.53 Å². The van der Waals surface area contributed by atoms with Crippen LogP contribution in [0.3, 0.4) is 0 Å². The van der Waals surface area contributed by atoms with Crippen molar-refractivity contribution in [1.82, 2.24) is 19.0 Å². The van der Waals surface area contributed by atoms with Crippen LogP contribution in [0.1, 0.15) is 30.8 Å². The molecule has 8 nitrogen and oxygen atoms in total. The Labute approximate surface area is 180 Å². The van der Waals surface area contributed by atoms with Gasteiger partial charge in [-0.25, -0.2) is 9.78 Å². The van der Waals surface area contributed by atoms with Gasteiger partial charge in [-0.2, -0.15) is 0 Å². The minimum absolute atomic E-state index is 0.114. The first-order chi connectivity index (χ1) is 15.0. The number of nitrogens with zero attached hydrogens (tertiary/aromatic N) is 4. The minimum atomic E-state index is -0.461. The average molecular weight is 422 g/mol. The van der Waals surface area contributed by atoms with E-state index in [0.29, 0.717) is 24.1 Å². The number of aromatic nitrogens is 3. The third kappa shape index (κ3) is 3.72. The quantitative estimate of drug-likeness (QED) is 0.701. The molecule has 1 aromatic carbocycles. The summed E-state index contributed by atoms with van der Waals surface area (Å²) in [5.41, 5.74) is 3.82. The van der Waals surface area contributed by atoms with Crippen LogP contribution in [0, 0.1) is 5.92 Å². The fourth-order valence-electron chi connectivity index (χ4n) is 5.08. The predicted octanol–water partition coefficient (Wildman–Crippen LogP) is 2.92. The number of aryl methyl sites for hydroxylation is 1. The highest BCUT2D eigenvalue weighted by Gasteiger charge is 2.34. The second kappa shape index (κ2) is 7.85. The molecule has 4 heterocycles. The van der Waals surface area contributed by atoms with Crippen LogP contribution in [-0.4, -0.2) is 44.8 Å². The monoisotopic (exact) mass is 421 g/mol. The van der Waals surface area contributed by atoms with Crippen LogP contribution in [0.2, 0.25) is 0 Å². The first-order valence-electron chi connectivity index (χ1n) is 10.8. The molecule has 31 heavy (non-hydrogen) atoms. The molecule has 1 fully saturated rings. The van der Waals surface area contributed by atoms with Gasteiger partial charge in [0.1, 0.15) is 5.82 Å². The highest BCUT2D eigenvalue weighted by molar-refractivity contribution is 5.88. The molecule has 162 valence electrons. The van der Waals surface area contributed by atoms with Gasteiger partial charge in [0.05, 0.1) is 24.2 Å². The molecule has 8 heteroatoms. The van der Waals surface area contributed by atoms with Crippen LogP contribution in [0.5, 0.6) is 0 Å². The van der Waals surface area contributed by atoms with Gasteiger partial charge in [-0.1, -0.05) is 6.07 Å². The second-order valence-electron chi connectivity index (χ2n) is 8.53. The van der Waals surface area contributed by atoms with Crippen molar-refractivity contribution in [2.24, 2.45) is 13.0 Å². The molecule has 0 saturated carbocycles. The van der Waals surface area contributed by atoms with Gasteiger partial charge in [-0.15, -0.1) is 0 Å². The van der Waals surface area contributed by atoms with Crippen LogP contribution >= 0.6 is 0 Å². The Balaban J connectivity index is 1.35. The first-order valence-corrected chi connectivity index (χ1v) is 10.8. The molecule has 2 aliphatic rings. The number of carbonyl (C=O) groups is 1. The number of piperidine rings is 1. The summed E-state index contributed by atoms with van der Waals surface area (Å²) in [7, 11) is 2.03. The van der Waals surface area contributed by atoms with Crippen LogP contribution < -0.4 is 10.9 Å². The van der Waals surface area contributed by atoms with Crippen LogP contribution in [0.4, 0.5) is 10.5 Å². The second-order valence-corrected chi connectivity index (χ2v) is 8.53. The molecule has 0 spiro atoms. The summed E-state index contributed by atoms with van der Waals surface area (Å²) in [5.74, 6) is 1.87. The standard InChI is InChI=1S/C23H27N5O3/c1-3-31-23(30)24-17-7-8-20-18(10-17)25-21(26(20)2)14-27-11-15-9-16(13-27)19-5-4-6-22(29)28(19)12-15/h4-8,10,15-16H,3,9,11-14H2,1-2H3,(H,24,30). The normalized spacial score (nSPS) is 20.5. The molecule has 5 rings (SSSR count). The molecule has 2 aromatic heterocycles. The van der Waals surface area contributed by atoms with Crippen molar-refractivity contribution in [2.75, 3.05) is 25.0 Å². The van der Waals surface area contributed by atoms with Crippen molar-refractivity contribution >= 4 is 22.8 Å². The van der Waals surface area contributed by atoms with Gasteiger partial charge in [0.2, 0.25) is 0 Å². The van der Waals surface area contributed by atoms with Crippen molar-refractivity contribution in [3.63, 3.8) is 0 Å². The Morgan fingerprint density at radius 2 is 2.10 bits per heavy atom. The van der Waals surface area contributed by atoms with E-state index in [1.165, 1.54) is 0 Å². The SMILES string of the molecule is CCOC(=O)Nc1ccc2c(c1)nc(CN1CC3CC(C1)c1cccc(=O)n1C3)n2C. The van der Waals surface area contributed by atoms with E-state index < -0.39 is 6.09 Å². The smallest absolute Gasteiger partial charge is 0.411 e. The van der Waals surface area contributed by atoms with Crippen LogP contribution in [0.25, 0.3) is 11.0 Å². The number of hydrogen-bond donors (Lipinski definition) is 1. The lowest BCUT2D eigenvalue weighted by Crippen LogP contribution is -2.46. The van der Waals surface area contributed by atoms with E-state index in [2.05, 4.69) is 20.9 Å². The number of imidazole rings is 1. The minimum Gasteiger partial charge on any atom is -0.450 e. The van der Waals surface area contributed by atoms with Crippen LogP contribution in [0.15, 0.2) is 41.2 Å². The van der Waals surface area contributed by atoms with Gasteiger partial charge in [0.25, 0.3) is 5.56 Å². The number of anilines is 1. The Bertz CT molecular complexity index is 1200. The Morgan fingerprint density at radius 3 is 2.94 bits per heavy atom. The van der Waals surface area contributed by atoms with Crippen LogP contribution in [-0.2, 0) is 24.9 Å². The number of rotatable bonds is 4. The van der Waals surface area contributed by atoms with Crippen molar-refractivity contribution in [3.8, 4) is 0 Å². The summed E-state index contributed by atoms with van der Waals surface area (Å²) in [4.78, 5) is 31.2. The summed E-state index contributed by atoms with van der Waals surface area (Å²) in [5, 5.41) is 2.74. The van der Waals surface area contributed by atoms with E-state index in [4.69, 9.17) is 9.72 Å². The lowest BCUT2D eigenvalue weighted by atomic mass is 9.83. The van der Waals surface area contributed by atoms with Gasteiger partial charge in [-0.05, 0) is 43.5 Å². The largest absolute Gasteiger partial charge is 0.450 e. The number of carbonyl (C=O) groups excluding carboxylic acids is 1.